The first kappa shape index (κ1) is 15.9. The van der Waals surface area contributed by atoms with Crippen molar-refractivity contribution >= 4 is 17.2 Å². The lowest BCUT2D eigenvalue weighted by molar-refractivity contribution is 0.209. The summed E-state index contributed by atoms with van der Waals surface area (Å²) in [4.78, 5) is 8.27. The number of rotatable bonds is 5. The summed E-state index contributed by atoms with van der Waals surface area (Å²) >= 11 is 0. The molecule has 4 nitrogen and oxygen atoms in total. The van der Waals surface area contributed by atoms with Crippen molar-refractivity contribution in [3.63, 3.8) is 0 Å². The summed E-state index contributed by atoms with van der Waals surface area (Å²) in [5, 5.41) is 3.47. The zero-order valence-electron chi connectivity index (χ0n) is 14.5. The molecule has 0 spiro atoms. The average molecular weight is 312 g/mol. The molecule has 0 radical (unpaired) electrons. The SMILES string of the molecule is CCc1cc(N2CCN(C(C)C)CC2)ccc1Nc1ccc[nH]1. The number of nitrogens with zero attached hydrogens (tertiary/aromatic N) is 2. The van der Waals surface area contributed by atoms with E-state index in [4.69, 9.17) is 0 Å². The van der Waals surface area contributed by atoms with Crippen LogP contribution in [-0.2, 0) is 6.42 Å². The number of nitrogens with one attached hydrogen (secondary N) is 2. The summed E-state index contributed by atoms with van der Waals surface area (Å²) < 4.78 is 0. The van der Waals surface area contributed by atoms with Crippen LogP contribution in [0.15, 0.2) is 36.5 Å². The molecule has 1 saturated heterocycles. The predicted molar refractivity (Wildman–Crippen MR) is 98.8 cm³/mol. The largest absolute Gasteiger partial charge is 0.369 e. The highest BCUT2D eigenvalue weighted by Crippen LogP contribution is 2.27. The Labute approximate surface area is 139 Å². The summed E-state index contributed by atoms with van der Waals surface area (Å²) in [5.74, 6) is 1.04. The molecule has 0 unspecified atom stereocenters. The average Bonchev–Trinajstić information content (AvgIpc) is 3.08. The van der Waals surface area contributed by atoms with Crippen molar-refractivity contribution in [2.75, 3.05) is 36.4 Å². The lowest BCUT2D eigenvalue weighted by atomic mass is 10.1. The number of benzene rings is 1. The molecule has 2 heterocycles. The number of hydrogen-bond acceptors (Lipinski definition) is 3. The summed E-state index contributed by atoms with van der Waals surface area (Å²) in [6, 6.07) is 11.5. The molecule has 2 aromatic rings. The van der Waals surface area contributed by atoms with Crippen molar-refractivity contribution in [2.45, 2.75) is 33.2 Å². The quantitative estimate of drug-likeness (QED) is 0.880. The fraction of sp³-hybridized carbons (Fsp3) is 0.474. The molecule has 0 amide bonds. The van der Waals surface area contributed by atoms with Gasteiger partial charge in [-0.3, -0.25) is 4.90 Å². The van der Waals surface area contributed by atoms with Crippen LogP contribution in [0.2, 0.25) is 0 Å². The molecular formula is C19H28N4. The number of hydrogen-bond donors (Lipinski definition) is 2. The standard InChI is InChI=1S/C19H28N4/c1-4-16-14-17(23-12-10-22(11-13-23)15(2)3)7-8-18(16)21-19-6-5-9-20-19/h5-9,14-15,20-21H,4,10-13H2,1-3H3. The number of aromatic nitrogens is 1. The second-order valence-electron chi connectivity index (χ2n) is 6.52. The molecule has 0 aliphatic carbocycles. The van der Waals surface area contributed by atoms with Crippen molar-refractivity contribution in [3.05, 3.63) is 42.1 Å². The lowest BCUT2D eigenvalue weighted by Crippen LogP contribution is -2.48. The highest BCUT2D eigenvalue weighted by atomic mass is 15.3. The van der Waals surface area contributed by atoms with Gasteiger partial charge in [-0.2, -0.15) is 0 Å². The van der Waals surface area contributed by atoms with Crippen LogP contribution in [0.4, 0.5) is 17.2 Å². The van der Waals surface area contributed by atoms with Gasteiger partial charge in [0.2, 0.25) is 0 Å². The van der Waals surface area contributed by atoms with E-state index in [0.717, 1.165) is 38.4 Å². The first-order chi connectivity index (χ1) is 11.2. The van der Waals surface area contributed by atoms with Crippen LogP contribution in [0, 0.1) is 0 Å². The van der Waals surface area contributed by atoms with Gasteiger partial charge in [-0.05, 0) is 56.2 Å². The maximum Gasteiger partial charge on any atom is 0.107 e. The Hall–Kier alpha value is -1.94. The van der Waals surface area contributed by atoms with Gasteiger partial charge in [0.05, 0.1) is 0 Å². The molecule has 1 aromatic carbocycles. The molecule has 0 bridgehead atoms. The number of aryl methyl sites for hydroxylation is 1. The normalized spacial score (nSPS) is 16.1. The Morgan fingerprint density at radius 1 is 1.13 bits per heavy atom. The molecule has 0 saturated carbocycles. The van der Waals surface area contributed by atoms with Crippen molar-refractivity contribution in [3.8, 4) is 0 Å². The van der Waals surface area contributed by atoms with Crippen LogP contribution in [0.1, 0.15) is 26.3 Å². The van der Waals surface area contributed by atoms with Gasteiger partial charge in [-0.25, -0.2) is 0 Å². The lowest BCUT2D eigenvalue weighted by Gasteiger charge is -2.38. The van der Waals surface area contributed by atoms with E-state index in [-0.39, 0.29) is 0 Å². The van der Waals surface area contributed by atoms with E-state index in [1.165, 1.54) is 16.9 Å². The topological polar surface area (TPSA) is 34.3 Å². The summed E-state index contributed by atoms with van der Waals surface area (Å²) in [6.07, 6.45) is 2.97. The molecule has 4 heteroatoms. The van der Waals surface area contributed by atoms with E-state index in [2.05, 4.69) is 65.1 Å². The van der Waals surface area contributed by atoms with Crippen molar-refractivity contribution in [1.29, 1.82) is 0 Å². The van der Waals surface area contributed by atoms with E-state index in [1.54, 1.807) is 0 Å². The molecule has 23 heavy (non-hydrogen) atoms. The van der Waals surface area contributed by atoms with Gasteiger partial charge in [0.1, 0.15) is 5.82 Å². The van der Waals surface area contributed by atoms with Crippen LogP contribution in [0.25, 0.3) is 0 Å². The van der Waals surface area contributed by atoms with E-state index >= 15 is 0 Å². The number of piperazine rings is 1. The van der Waals surface area contributed by atoms with E-state index < -0.39 is 0 Å². The molecule has 1 aromatic heterocycles. The Balaban J connectivity index is 1.72. The zero-order chi connectivity index (χ0) is 16.2. The number of anilines is 3. The van der Waals surface area contributed by atoms with E-state index in [0.29, 0.717) is 6.04 Å². The summed E-state index contributed by atoms with van der Waals surface area (Å²) in [7, 11) is 0. The van der Waals surface area contributed by atoms with Crippen molar-refractivity contribution < 1.29 is 0 Å². The van der Waals surface area contributed by atoms with Gasteiger partial charge in [-0.15, -0.1) is 0 Å². The van der Waals surface area contributed by atoms with Gasteiger partial charge in [-0.1, -0.05) is 6.92 Å². The Bertz CT molecular complexity index is 610. The minimum Gasteiger partial charge on any atom is -0.369 e. The van der Waals surface area contributed by atoms with Crippen molar-refractivity contribution in [1.82, 2.24) is 9.88 Å². The van der Waals surface area contributed by atoms with E-state index in [1.807, 2.05) is 12.3 Å². The molecule has 124 valence electrons. The second-order valence-corrected chi connectivity index (χ2v) is 6.52. The Morgan fingerprint density at radius 2 is 1.91 bits per heavy atom. The fourth-order valence-corrected chi connectivity index (χ4v) is 3.24. The zero-order valence-corrected chi connectivity index (χ0v) is 14.5. The minimum atomic E-state index is 0.649. The number of H-pyrrole nitrogens is 1. The summed E-state index contributed by atoms with van der Waals surface area (Å²) in [6.45, 7) is 11.3. The molecule has 1 aliphatic heterocycles. The molecule has 2 N–H and O–H groups in total. The predicted octanol–water partition coefficient (Wildman–Crippen LogP) is 3.85. The first-order valence-electron chi connectivity index (χ1n) is 8.69. The third-order valence-corrected chi connectivity index (χ3v) is 4.75. The summed E-state index contributed by atoms with van der Waals surface area (Å²) in [5.41, 5.74) is 3.91. The molecule has 0 atom stereocenters. The molecular weight excluding hydrogens is 284 g/mol. The van der Waals surface area contributed by atoms with Crippen LogP contribution >= 0.6 is 0 Å². The van der Waals surface area contributed by atoms with Gasteiger partial charge in [0.25, 0.3) is 0 Å². The molecule has 1 aliphatic rings. The van der Waals surface area contributed by atoms with Crippen LogP contribution in [-0.4, -0.2) is 42.1 Å². The molecule has 1 fully saturated rings. The van der Waals surface area contributed by atoms with E-state index in [9.17, 15) is 0 Å². The van der Waals surface area contributed by atoms with Gasteiger partial charge in [0.15, 0.2) is 0 Å². The smallest absolute Gasteiger partial charge is 0.107 e. The maximum absolute atomic E-state index is 3.47. The van der Waals surface area contributed by atoms with Gasteiger partial charge in [0, 0.05) is 49.8 Å². The van der Waals surface area contributed by atoms with Crippen LogP contribution in [0.3, 0.4) is 0 Å². The minimum absolute atomic E-state index is 0.649. The third kappa shape index (κ3) is 3.70. The Morgan fingerprint density at radius 3 is 2.52 bits per heavy atom. The monoisotopic (exact) mass is 312 g/mol. The third-order valence-electron chi connectivity index (χ3n) is 4.75. The van der Waals surface area contributed by atoms with Gasteiger partial charge < -0.3 is 15.2 Å². The van der Waals surface area contributed by atoms with Crippen LogP contribution in [0.5, 0.6) is 0 Å². The van der Waals surface area contributed by atoms with Crippen LogP contribution < -0.4 is 10.2 Å². The second kappa shape index (κ2) is 7.09. The molecule has 3 rings (SSSR count). The maximum atomic E-state index is 3.47. The Kier molecular flexibility index (Phi) is 4.91. The van der Waals surface area contributed by atoms with Crippen molar-refractivity contribution in [2.24, 2.45) is 0 Å². The highest BCUT2D eigenvalue weighted by Gasteiger charge is 2.19. The van der Waals surface area contributed by atoms with Gasteiger partial charge >= 0.3 is 0 Å². The fourth-order valence-electron chi connectivity index (χ4n) is 3.24. The first-order valence-corrected chi connectivity index (χ1v) is 8.69. The highest BCUT2D eigenvalue weighted by molar-refractivity contribution is 5.65. The number of aromatic amines is 1.